The molecule has 0 saturated carbocycles. The summed E-state index contributed by atoms with van der Waals surface area (Å²) in [4.78, 5) is 0. The van der Waals surface area contributed by atoms with Gasteiger partial charge in [0.05, 0.1) is 0 Å². The molecule has 2 heteroatoms. The largest absolute Gasteiger partial charge is 0.176 e. The third-order valence-corrected chi connectivity index (χ3v) is 8.07. The van der Waals surface area contributed by atoms with Crippen molar-refractivity contribution in [2.45, 2.75) is 129 Å². The minimum Gasteiger partial charge on any atom is -0.176 e. The van der Waals surface area contributed by atoms with Crippen LogP contribution in [-0.4, -0.2) is 8.83 Å². The summed E-state index contributed by atoms with van der Waals surface area (Å²) in [5.41, 5.74) is 0. The SMILES string of the molecule is CCCCCCCCCCCCCCCCCC(C)(C)[SiH2]Cl. The van der Waals surface area contributed by atoms with E-state index in [2.05, 4.69) is 20.8 Å². The summed E-state index contributed by atoms with van der Waals surface area (Å²) in [5.74, 6) is 0. The second-order valence-electron chi connectivity index (χ2n) is 8.00. The van der Waals surface area contributed by atoms with Gasteiger partial charge in [0.25, 0.3) is 0 Å². The Morgan fingerprint density at radius 3 is 1.23 bits per heavy atom. The fourth-order valence-electron chi connectivity index (χ4n) is 3.04. The topological polar surface area (TPSA) is 0 Å². The first-order chi connectivity index (χ1) is 10.6. The lowest BCUT2D eigenvalue weighted by Crippen LogP contribution is -2.07. The Kier molecular flexibility index (Phi) is 16.7. The maximum atomic E-state index is 6.10. The predicted octanol–water partition coefficient (Wildman–Crippen LogP) is 7.77. The maximum absolute atomic E-state index is 6.10. The Balaban J connectivity index is 3.06. The van der Waals surface area contributed by atoms with Crippen LogP contribution in [0.2, 0.25) is 5.04 Å². The lowest BCUT2D eigenvalue weighted by atomic mass is 10.0. The smallest absolute Gasteiger partial charge is 0.130 e. The number of halogens is 1. The fourth-order valence-corrected chi connectivity index (χ4v) is 3.83. The minimum atomic E-state index is -0.350. The average molecular weight is 347 g/mol. The van der Waals surface area contributed by atoms with Gasteiger partial charge in [0.2, 0.25) is 0 Å². The zero-order valence-corrected chi connectivity index (χ0v) is 18.1. The summed E-state index contributed by atoms with van der Waals surface area (Å²) in [7, 11) is -0.350. The van der Waals surface area contributed by atoms with Gasteiger partial charge in [-0.05, 0) is 11.5 Å². The molecule has 0 bridgehead atoms. The number of hydrogen-bond acceptors (Lipinski definition) is 0. The van der Waals surface area contributed by atoms with Gasteiger partial charge < -0.3 is 0 Å². The van der Waals surface area contributed by atoms with E-state index in [1.807, 2.05) is 0 Å². The van der Waals surface area contributed by atoms with Crippen molar-refractivity contribution in [3.8, 4) is 0 Å². The van der Waals surface area contributed by atoms with E-state index >= 15 is 0 Å². The Morgan fingerprint density at radius 2 is 0.909 bits per heavy atom. The second kappa shape index (κ2) is 16.4. The van der Waals surface area contributed by atoms with Crippen LogP contribution in [0.3, 0.4) is 0 Å². The van der Waals surface area contributed by atoms with Crippen LogP contribution >= 0.6 is 11.1 Å². The van der Waals surface area contributed by atoms with E-state index in [1.54, 1.807) is 0 Å². The highest BCUT2D eigenvalue weighted by Gasteiger charge is 2.15. The van der Waals surface area contributed by atoms with Crippen LogP contribution in [0.25, 0.3) is 0 Å². The molecule has 0 aromatic carbocycles. The highest BCUT2D eigenvalue weighted by atomic mass is 35.6. The van der Waals surface area contributed by atoms with Crippen LogP contribution in [0.15, 0.2) is 0 Å². The molecule has 134 valence electrons. The Labute approximate surface area is 148 Å². The van der Waals surface area contributed by atoms with Gasteiger partial charge in [0.1, 0.15) is 8.83 Å². The van der Waals surface area contributed by atoms with Gasteiger partial charge in [-0.3, -0.25) is 0 Å². The normalized spacial score (nSPS) is 12.5. The first kappa shape index (κ1) is 22.5. The average Bonchev–Trinajstić information content (AvgIpc) is 2.51. The Bertz CT molecular complexity index is 216. The third kappa shape index (κ3) is 16.9. The molecule has 0 aliphatic heterocycles. The van der Waals surface area contributed by atoms with Crippen molar-refractivity contribution in [2.24, 2.45) is 0 Å². The zero-order chi connectivity index (χ0) is 16.5. The summed E-state index contributed by atoms with van der Waals surface area (Å²) in [6.45, 7) is 6.98. The molecule has 0 aliphatic carbocycles. The lowest BCUT2D eigenvalue weighted by Gasteiger charge is -2.20. The number of rotatable bonds is 17. The Hall–Kier alpha value is 0.507. The van der Waals surface area contributed by atoms with Gasteiger partial charge in [-0.1, -0.05) is 117 Å². The maximum Gasteiger partial charge on any atom is 0.130 e. The quantitative estimate of drug-likeness (QED) is 0.143. The minimum absolute atomic E-state index is 0.350. The van der Waals surface area contributed by atoms with Crippen molar-refractivity contribution in [3.63, 3.8) is 0 Å². The standard InChI is InChI=1S/C20H43ClSi/c1-4-5-6-7-8-9-10-11-12-13-14-15-16-17-18-19-20(2,3)22-21/h4-19,22H2,1-3H3. The van der Waals surface area contributed by atoms with Crippen LogP contribution in [0, 0.1) is 0 Å². The van der Waals surface area contributed by atoms with Gasteiger partial charge in [0.15, 0.2) is 0 Å². The molecule has 0 N–H and O–H groups in total. The van der Waals surface area contributed by atoms with Crippen molar-refractivity contribution >= 4 is 19.9 Å². The molecular formula is C20H43ClSi. The molecule has 0 aromatic rings. The van der Waals surface area contributed by atoms with E-state index in [0.717, 1.165) is 0 Å². The van der Waals surface area contributed by atoms with Crippen LogP contribution in [0.4, 0.5) is 0 Å². The van der Waals surface area contributed by atoms with E-state index in [0.29, 0.717) is 5.04 Å². The van der Waals surface area contributed by atoms with Crippen molar-refractivity contribution in [1.82, 2.24) is 0 Å². The molecular weight excluding hydrogens is 304 g/mol. The van der Waals surface area contributed by atoms with Gasteiger partial charge in [-0.2, -0.15) is 11.1 Å². The molecule has 0 aromatic heterocycles. The number of hydrogen-bond donors (Lipinski definition) is 0. The summed E-state index contributed by atoms with van der Waals surface area (Å²) < 4.78 is 0. The molecule has 0 rings (SSSR count). The molecule has 0 nitrogen and oxygen atoms in total. The monoisotopic (exact) mass is 346 g/mol. The van der Waals surface area contributed by atoms with E-state index in [1.165, 1.54) is 103 Å². The van der Waals surface area contributed by atoms with E-state index in [-0.39, 0.29) is 8.83 Å². The molecule has 0 radical (unpaired) electrons. The van der Waals surface area contributed by atoms with Gasteiger partial charge in [0, 0.05) is 0 Å². The van der Waals surface area contributed by atoms with Crippen molar-refractivity contribution in [3.05, 3.63) is 0 Å². The van der Waals surface area contributed by atoms with Gasteiger partial charge in [-0.15, -0.1) is 0 Å². The van der Waals surface area contributed by atoms with Crippen molar-refractivity contribution in [2.75, 3.05) is 0 Å². The molecule has 0 heterocycles. The van der Waals surface area contributed by atoms with Crippen LogP contribution in [-0.2, 0) is 0 Å². The molecule has 0 atom stereocenters. The first-order valence-electron chi connectivity index (χ1n) is 10.2. The van der Waals surface area contributed by atoms with Crippen LogP contribution in [0.1, 0.15) is 124 Å². The second-order valence-corrected chi connectivity index (χ2v) is 11.0. The van der Waals surface area contributed by atoms with E-state index in [4.69, 9.17) is 11.1 Å². The molecule has 0 fully saturated rings. The highest BCUT2D eigenvalue weighted by molar-refractivity contribution is 6.95. The van der Waals surface area contributed by atoms with Crippen molar-refractivity contribution < 1.29 is 0 Å². The van der Waals surface area contributed by atoms with Gasteiger partial charge in [-0.25, -0.2) is 0 Å². The van der Waals surface area contributed by atoms with Crippen LogP contribution < -0.4 is 0 Å². The molecule has 0 aliphatic rings. The molecule has 0 saturated heterocycles. The predicted molar refractivity (Wildman–Crippen MR) is 108 cm³/mol. The summed E-state index contributed by atoms with van der Waals surface area (Å²) in [5, 5.41) is 0.484. The molecule has 0 unspecified atom stereocenters. The third-order valence-electron chi connectivity index (χ3n) is 4.82. The fraction of sp³-hybridized carbons (Fsp3) is 1.00. The van der Waals surface area contributed by atoms with E-state index in [9.17, 15) is 0 Å². The summed E-state index contributed by atoms with van der Waals surface area (Å²) in [6, 6.07) is 0. The van der Waals surface area contributed by atoms with Crippen LogP contribution in [0.5, 0.6) is 0 Å². The molecule has 0 spiro atoms. The number of unbranched alkanes of at least 4 members (excludes halogenated alkanes) is 14. The molecule has 0 amide bonds. The van der Waals surface area contributed by atoms with Gasteiger partial charge >= 0.3 is 0 Å². The summed E-state index contributed by atoms with van der Waals surface area (Å²) in [6.07, 6.45) is 23.1. The van der Waals surface area contributed by atoms with Crippen molar-refractivity contribution in [1.29, 1.82) is 0 Å². The van der Waals surface area contributed by atoms with E-state index < -0.39 is 0 Å². The first-order valence-corrected chi connectivity index (χ1v) is 13.0. The highest BCUT2D eigenvalue weighted by Crippen LogP contribution is 2.31. The lowest BCUT2D eigenvalue weighted by molar-refractivity contribution is 0.510. The Morgan fingerprint density at radius 1 is 0.591 bits per heavy atom. The summed E-state index contributed by atoms with van der Waals surface area (Å²) >= 11 is 6.10. The molecule has 22 heavy (non-hydrogen) atoms. The zero-order valence-electron chi connectivity index (χ0n) is 15.9.